The number of hydrogen-bond acceptors (Lipinski definition) is 3. The fourth-order valence-corrected chi connectivity index (χ4v) is 3.17. The number of rotatable bonds is 4. The Balaban J connectivity index is 1.70. The zero-order valence-electron chi connectivity index (χ0n) is 12.3. The number of nitrogens with one attached hydrogen (secondary N) is 2. The summed E-state index contributed by atoms with van der Waals surface area (Å²) in [6.45, 7) is 0.492. The predicted octanol–water partition coefficient (Wildman–Crippen LogP) is 3.66. The lowest BCUT2D eigenvalue weighted by atomic mass is 10.2. The third-order valence-corrected chi connectivity index (χ3v) is 4.86. The van der Waals surface area contributed by atoms with Crippen LogP contribution in [-0.2, 0) is 11.4 Å². The van der Waals surface area contributed by atoms with Crippen molar-refractivity contribution in [1.29, 1.82) is 0 Å². The second kappa shape index (κ2) is 7.51. The number of benzene rings is 2. The van der Waals surface area contributed by atoms with E-state index in [0.29, 0.717) is 6.61 Å². The Morgan fingerprint density at radius 1 is 1.00 bits per heavy atom. The second-order valence-corrected chi connectivity index (χ2v) is 7.48. The fourth-order valence-electron chi connectivity index (χ4n) is 2.11. The molecule has 122 valence electrons. The van der Waals surface area contributed by atoms with Crippen LogP contribution in [-0.4, -0.2) is 11.9 Å². The number of ether oxygens (including phenoxy) is 1. The minimum Gasteiger partial charge on any atom is -0.488 e. The number of amides is 3. The molecule has 1 aliphatic heterocycles. The van der Waals surface area contributed by atoms with Crippen LogP contribution in [0.4, 0.5) is 4.79 Å². The molecule has 0 spiro atoms. The van der Waals surface area contributed by atoms with Gasteiger partial charge in [-0.3, -0.25) is 10.1 Å². The van der Waals surface area contributed by atoms with Crippen molar-refractivity contribution >= 4 is 63.2 Å². The zero-order chi connectivity index (χ0) is 17.1. The summed E-state index contributed by atoms with van der Waals surface area (Å²) in [6, 6.07) is 13.3. The van der Waals surface area contributed by atoms with Gasteiger partial charge in [-0.05, 0) is 86.7 Å². The predicted molar refractivity (Wildman–Crippen MR) is 107 cm³/mol. The summed E-state index contributed by atoms with van der Waals surface area (Å²) in [5.41, 5.74) is 2.15. The zero-order valence-corrected chi connectivity index (χ0v) is 16.6. The molecule has 2 aromatic rings. The maximum absolute atomic E-state index is 11.5. The number of halogens is 2. The SMILES string of the molecule is O=C1NC(=O)/C(=C\c2ccc(OCc3ccc(I)cc3)c(I)c2)N1. The molecule has 1 fully saturated rings. The quantitative estimate of drug-likeness (QED) is 0.350. The highest BCUT2D eigenvalue weighted by Crippen LogP contribution is 2.24. The smallest absolute Gasteiger partial charge is 0.326 e. The third-order valence-electron chi connectivity index (χ3n) is 3.29. The lowest BCUT2D eigenvalue weighted by molar-refractivity contribution is -0.115. The van der Waals surface area contributed by atoms with Crippen LogP contribution in [0.5, 0.6) is 5.75 Å². The summed E-state index contributed by atoms with van der Waals surface area (Å²) in [7, 11) is 0. The summed E-state index contributed by atoms with van der Waals surface area (Å²) >= 11 is 4.45. The van der Waals surface area contributed by atoms with Crippen LogP contribution in [0.25, 0.3) is 6.08 Å². The third kappa shape index (κ3) is 4.26. The number of hydrogen-bond donors (Lipinski definition) is 2. The van der Waals surface area contributed by atoms with E-state index in [4.69, 9.17) is 4.74 Å². The van der Waals surface area contributed by atoms with Crippen LogP contribution in [0.3, 0.4) is 0 Å². The first-order chi connectivity index (χ1) is 11.5. The molecule has 1 saturated heterocycles. The largest absolute Gasteiger partial charge is 0.488 e. The van der Waals surface area contributed by atoms with Gasteiger partial charge in [-0.2, -0.15) is 0 Å². The van der Waals surface area contributed by atoms with Crippen molar-refractivity contribution in [1.82, 2.24) is 10.6 Å². The molecule has 0 unspecified atom stereocenters. The van der Waals surface area contributed by atoms with E-state index in [2.05, 4.69) is 55.8 Å². The van der Waals surface area contributed by atoms with Crippen molar-refractivity contribution in [2.45, 2.75) is 6.61 Å². The highest BCUT2D eigenvalue weighted by molar-refractivity contribution is 14.1. The molecule has 0 aromatic heterocycles. The van der Waals surface area contributed by atoms with Gasteiger partial charge in [0, 0.05) is 3.57 Å². The minimum atomic E-state index is -0.501. The highest BCUT2D eigenvalue weighted by atomic mass is 127. The summed E-state index contributed by atoms with van der Waals surface area (Å²) in [5, 5.41) is 4.64. The molecule has 1 aliphatic rings. The monoisotopic (exact) mass is 546 g/mol. The van der Waals surface area contributed by atoms with E-state index in [1.165, 1.54) is 3.57 Å². The molecular formula is C17H12I2N2O3. The van der Waals surface area contributed by atoms with Gasteiger partial charge < -0.3 is 10.1 Å². The first kappa shape index (κ1) is 17.2. The van der Waals surface area contributed by atoms with E-state index in [-0.39, 0.29) is 5.70 Å². The van der Waals surface area contributed by atoms with E-state index in [0.717, 1.165) is 20.4 Å². The minimum absolute atomic E-state index is 0.239. The Bertz CT molecular complexity index is 832. The van der Waals surface area contributed by atoms with Crippen LogP contribution < -0.4 is 15.4 Å². The van der Waals surface area contributed by atoms with Crippen molar-refractivity contribution in [2.24, 2.45) is 0 Å². The molecule has 3 amide bonds. The van der Waals surface area contributed by atoms with E-state index in [9.17, 15) is 9.59 Å². The van der Waals surface area contributed by atoms with Crippen LogP contribution in [0.15, 0.2) is 48.2 Å². The van der Waals surface area contributed by atoms with Crippen LogP contribution >= 0.6 is 45.2 Å². The van der Waals surface area contributed by atoms with Crippen LogP contribution in [0, 0.1) is 7.14 Å². The fraction of sp³-hybridized carbons (Fsp3) is 0.0588. The average Bonchev–Trinajstić information content (AvgIpc) is 2.86. The first-order valence-electron chi connectivity index (χ1n) is 7.02. The van der Waals surface area contributed by atoms with Gasteiger partial charge in [-0.25, -0.2) is 4.79 Å². The van der Waals surface area contributed by atoms with Gasteiger partial charge in [0.25, 0.3) is 5.91 Å². The van der Waals surface area contributed by atoms with E-state index < -0.39 is 11.9 Å². The molecule has 0 radical (unpaired) electrons. The lowest BCUT2D eigenvalue weighted by Gasteiger charge is -2.09. The highest BCUT2D eigenvalue weighted by Gasteiger charge is 2.22. The molecular weight excluding hydrogens is 534 g/mol. The number of carbonyl (C=O) groups is 2. The summed E-state index contributed by atoms with van der Waals surface area (Å²) in [6.07, 6.45) is 1.63. The molecule has 3 rings (SSSR count). The molecule has 24 heavy (non-hydrogen) atoms. The lowest BCUT2D eigenvalue weighted by Crippen LogP contribution is -2.22. The van der Waals surface area contributed by atoms with Gasteiger partial charge >= 0.3 is 6.03 Å². The molecule has 5 nitrogen and oxygen atoms in total. The summed E-state index contributed by atoms with van der Waals surface area (Å²) in [5.74, 6) is 0.352. The normalized spacial score (nSPS) is 15.3. The van der Waals surface area contributed by atoms with Crippen molar-refractivity contribution in [3.8, 4) is 5.75 Å². The second-order valence-electron chi connectivity index (χ2n) is 5.07. The number of imide groups is 1. The van der Waals surface area contributed by atoms with Gasteiger partial charge in [-0.15, -0.1) is 0 Å². The number of carbonyl (C=O) groups excluding carboxylic acids is 2. The Morgan fingerprint density at radius 2 is 1.75 bits per heavy atom. The topological polar surface area (TPSA) is 67.4 Å². The first-order valence-corrected chi connectivity index (χ1v) is 9.18. The molecule has 0 bridgehead atoms. The van der Waals surface area contributed by atoms with E-state index in [1.807, 2.05) is 42.5 Å². The standard InChI is InChI=1S/C17H12I2N2O3/c18-12-4-1-10(2-5-12)9-24-15-6-3-11(7-13(15)19)8-14-16(22)21-17(23)20-14/h1-8H,9H2,(H2,20,21,22,23)/b14-8+. The molecule has 0 atom stereocenters. The maximum Gasteiger partial charge on any atom is 0.326 e. The molecule has 1 heterocycles. The van der Waals surface area contributed by atoms with Crippen molar-refractivity contribution < 1.29 is 14.3 Å². The molecule has 7 heteroatoms. The maximum atomic E-state index is 11.5. The van der Waals surface area contributed by atoms with Crippen LogP contribution in [0.1, 0.15) is 11.1 Å². The van der Waals surface area contributed by atoms with Crippen molar-refractivity contribution in [3.05, 3.63) is 66.4 Å². The summed E-state index contributed by atoms with van der Waals surface area (Å²) in [4.78, 5) is 22.6. The van der Waals surface area contributed by atoms with E-state index in [1.54, 1.807) is 6.08 Å². The molecule has 0 aliphatic carbocycles. The summed E-state index contributed by atoms with van der Waals surface area (Å²) < 4.78 is 7.96. The molecule has 0 saturated carbocycles. The van der Waals surface area contributed by atoms with Crippen molar-refractivity contribution in [2.75, 3.05) is 0 Å². The molecule has 2 N–H and O–H groups in total. The Morgan fingerprint density at radius 3 is 2.38 bits per heavy atom. The van der Waals surface area contributed by atoms with Gasteiger partial charge in [0.05, 0.1) is 3.57 Å². The number of urea groups is 1. The van der Waals surface area contributed by atoms with Crippen LogP contribution in [0.2, 0.25) is 0 Å². The Kier molecular flexibility index (Phi) is 5.39. The van der Waals surface area contributed by atoms with Gasteiger partial charge in [0.1, 0.15) is 18.1 Å². The van der Waals surface area contributed by atoms with Gasteiger partial charge in [0.15, 0.2) is 0 Å². The molecule has 2 aromatic carbocycles. The van der Waals surface area contributed by atoms with Gasteiger partial charge in [-0.1, -0.05) is 18.2 Å². The van der Waals surface area contributed by atoms with Crippen molar-refractivity contribution in [3.63, 3.8) is 0 Å². The average molecular weight is 546 g/mol. The van der Waals surface area contributed by atoms with Gasteiger partial charge in [0.2, 0.25) is 0 Å². The Labute approximate surface area is 166 Å². The van der Waals surface area contributed by atoms with E-state index >= 15 is 0 Å². The Hall–Kier alpha value is -1.62.